The van der Waals surface area contributed by atoms with E-state index in [0.29, 0.717) is 0 Å². The lowest BCUT2D eigenvalue weighted by molar-refractivity contribution is 0.0691. The Morgan fingerprint density at radius 2 is 2.36 bits per heavy atom. The highest BCUT2D eigenvalue weighted by molar-refractivity contribution is 5.87. The molecule has 0 atom stereocenters. The molecule has 0 saturated carbocycles. The smallest absolute Gasteiger partial charge is 0.340 e. The summed E-state index contributed by atoms with van der Waals surface area (Å²) < 4.78 is 12.6. The fourth-order valence-electron chi connectivity index (χ4n) is 0.603. The van der Waals surface area contributed by atoms with Crippen molar-refractivity contribution in [1.29, 1.82) is 0 Å². The Hall–Kier alpha value is -1.65. The van der Waals surface area contributed by atoms with Gasteiger partial charge in [-0.25, -0.2) is 14.2 Å². The second-order valence-electron chi connectivity index (χ2n) is 1.89. The number of carboxylic acid groups (broad SMARTS) is 1. The van der Waals surface area contributed by atoms with Crippen molar-refractivity contribution in [3.05, 3.63) is 23.6 Å². The van der Waals surface area contributed by atoms with Crippen molar-refractivity contribution in [2.45, 2.75) is 0 Å². The number of nitrogens with zero attached hydrogens (tertiary/aromatic N) is 1. The summed E-state index contributed by atoms with van der Waals surface area (Å²) in [6, 6.07) is 0.865. The van der Waals surface area contributed by atoms with Crippen molar-refractivity contribution in [2.24, 2.45) is 0 Å². The van der Waals surface area contributed by atoms with Crippen molar-refractivity contribution in [2.75, 3.05) is 5.73 Å². The van der Waals surface area contributed by atoms with Gasteiger partial charge in [0.15, 0.2) is 0 Å². The van der Waals surface area contributed by atoms with Crippen LogP contribution in [0.25, 0.3) is 0 Å². The van der Waals surface area contributed by atoms with E-state index in [9.17, 15) is 9.18 Å². The molecule has 0 aliphatic carbocycles. The molecule has 1 rings (SSSR count). The highest BCUT2D eigenvalue weighted by Crippen LogP contribution is 2.07. The number of nitrogens with two attached hydrogens (primary N) is 1. The normalized spacial score (nSPS) is 9.55. The highest BCUT2D eigenvalue weighted by atomic mass is 19.1. The largest absolute Gasteiger partial charge is 0.478 e. The van der Waals surface area contributed by atoms with Crippen LogP contribution in [-0.4, -0.2) is 16.1 Å². The van der Waals surface area contributed by atoms with Gasteiger partial charge in [0.05, 0.1) is 0 Å². The third-order valence-corrected chi connectivity index (χ3v) is 1.11. The van der Waals surface area contributed by atoms with E-state index in [-0.39, 0.29) is 5.82 Å². The van der Waals surface area contributed by atoms with Crippen LogP contribution in [0.4, 0.5) is 10.2 Å². The SMILES string of the molecule is Nc1cc(F)c(C(=O)O)cn1. The van der Waals surface area contributed by atoms with E-state index in [4.69, 9.17) is 10.8 Å². The van der Waals surface area contributed by atoms with Crippen LogP contribution >= 0.6 is 0 Å². The number of carbonyl (C=O) groups is 1. The number of nitrogen functional groups attached to an aromatic ring is 1. The zero-order chi connectivity index (χ0) is 8.43. The van der Waals surface area contributed by atoms with Gasteiger partial charge >= 0.3 is 5.97 Å². The molecule has 0 spiro atoms. The van der Waals surface area contributed by atoms with Crippen LogP contribution in [0.2, 0.25) is 0 Å². The van der Waals surface area contributed by atoms with E-state index < -0.39 is 17.3 Å². The second-order valence-corrected chi connectivity index (χ2v) is 1.89. The molecule has 58 valence electrons. The minimum atomic E-state index is -1.35. The third-order valence-electron chi connectivity index (χ3n) is 1.11. The van der Waals surface area contributed by atoms with E-state index in [1.165, 1.54) is 0 Å². The molecule has 11 heavy (non-hydrogen) atoms. The van der Waals surface area contributed by atoms with Gasteiger partial charge in [0.2, 0.25) is 0 Å². The predicted octanol–water partition coefficient (Wildman–Crippen LogP) is 0.501. The first-order valence-electron chi connectivity index (χ1n) is 2.75. The molecule has 1 aromatic rings. The molecule has 0 saturated heterocycles. The molecule has 0 aliphatic heterocycles. The molecule has 3 N–H and O–H groups in total. The highest BCUT2D eigenvalue weighted by Gasteiger charge is 2.09. The van der Waals surface area contributed by atoms with Crippen LogP contribution in [0.1, 0.15) is 10.4 Å². The van der Waals surface area contributed by atoms with E-state index >= 15 is 0 Å². The third kappa shape index (κ3) is 1.43. The van der Waals surface area contributed by atoms with Crippen LogP contribution < -0.4 is 5.73 Å². The number of hydrogen-bond donors (Lipinski definition) is 2. The maximum Gasteiger partial charge on any atom is 0.340 e. The molecule has 4 nitrogen and oxygen atoms in total. The molecule has 0 fully saturated rings. The molecule has 1 heterocycles. The monoisotopic (exact) mass is 156 g/mol. The number of halogens is 1. The number of carboxylic acids is 1. The number of anilines is 1. The summed E-state index contributed by atoms with van der Waals surface area (Å²) in [7, 11) is 0. The Balaban J connectivity index is 3.20. The first-order valence-corrected chi connectivity index (χ1v) is 2.75. The minimum Gasteiger partial charge on any atom is -0.478 e. The van der Waals surface area contributed by atoms with Crippen molar-refractivity contribution in [3.8, 4) is 0 Å². The number of pyridine rings is 1. The van der Waals surface area contributed by atoms with E-state index in [1.807, 2.05) is 0 Å². The fraction of sp³-hybridized carbons (Fsp3) is 0. The van der Waals surface area contributed by atoms with Gasteiger partial charge in [0, 0.05) is 12.3 Å². The predicted molar refractivity (Wildman–Crippen MR) is 35.6 cm³/mol. The van der Waals surface area contributed by atoms with Crippen LogP contribution in [0.5, 0.6) is 0 Å². The fourth-order valence-corrected chi connectivity index (χ4v) is 0.603. The maximum atomic E-state index is 12.6. The summed E-state index contributed by atoms with van der Waals surface area (Å²) >= 11 is 0. The number of aromatic nitrogens is 1. The summed E-state index contributed by atoms with van der Waals surface area (Å²) in [5.41, 5.74) is 4.61. The van der Waals surface area contributed by atoms with Crippen molar-refractivity contribution < 1.29 is 14.3 Å². The average molecular weight is 156 g/mol. The number of rotatable bonds is 1. The van der Waals surface area contributed by atoms with E-state index in [1.54, 1.807) is 0 Å². The minimum absolute atomic E-state index is 0.0347. The molecular formula is C6H5FN2O2. The van der Waals surface area contributed by atoms with Gasteiger partial charge < -0.3 is 10.8 Å². The molecule has 0 amide bonds. The number of hydrogen-bond acceptors (Lipinski definition) is 3. The first-order chi connectivity index (χ1) is 5.11. The number of aromatic carboxylic acids is 1. The zero-order valence-electron chi connectivity index (χ0n) is 5.41. The van der Waals surface area contributed by atoms with E-state index in [2.05, 4.69) is 4.98 Å². The first kappa shape index (κ1) is 7.46. The van der Waals surface area contributed by atoms with Crippen LogP contribution in [0.15, 0.2) is 12.3 Å². The summed E-state index contributed by atoms with van der Waals surface area (Å²) in [4.78, 5) is 13.6. The van der Waals surface area contributed by atoms with Crippen LogP contribution in [0.3, 0.4) is 0 Å². The Bertz CT molecular complexity index is 301. The van der Waals surface area contributed by atoms with Gasteiger partial charge in [0.25, 0.3) is 0 Å². The lowest BCUT2D eigenvalue weighted by Crippen LogP contribution is -2.02. The summed E-state index contributed by atoms with van der Waals surface area (Å²) in [6.07, 6.45) is 0.882. The Kier molecular flexibility index (Phi) is 1.72. The summed E-state index contributed by atoms with van der Waals surface area (Å²) in [5, 5.41) is 8.34. The molecular weight excluding hydrogens is 151 g/mol. The Labute approximate surface area is 61.5 Å². The summed E-state index contributed by atoms with van der Waals surface area (Å²) in [5.74, 6) is -2.26. The summed E-state index contributed by atoms with van der Waals surface area (Å²) in [6.45, 7) is 0. The van der Waals surface area contributed by atoms with Gasteiger partial charge in [-0.2, -0.15) is 0 Å². The van der Waals surface area contributed by atoms with Gasteiger partial charge in [-0.05, 0) is 0 Å². The maximum absolute atomic E-state index is 12.6. The molecule has 5 heteroatoms. The van der Waals surface area contributed by atoms with Crippen molar-refractivity contribution >= 4 is 11.8 Å². The van der Waals surface area contributed by atoms with Gasteiger partial charge in [-0.15, -0.1) is 0 Å². The topological polar surface area (TPSA) is 76.2 Å². The van der Waals surface area contributed by atoms with Crippen molar-refractivity contribution in [1.82, 2.24) is 4.98 Å². The molecule has 0 aliphatic rings. The van der Waals surface area contributed by atoms with Gasteiger partial charge in [-0.1, -0.05) is 0 Å². The van der Waals surface area contributed by atoms with Gasteiger partial charge in [-0.3, -0.25) is 0 Å². The average Bonchev–Trinajstić information content (AvgIpc) is 1.85. The Morgan fingerprint density at radius 1 is 1.73 bits per heavy atom. The van der Waals surface area contributed by atoms with Crippen molar-refractivity contribution in [3.63, 3.8) is 0 Å². The van der Waals surface area contributed by atoms with Gasteiger partial charge in [0.1, 0.15) is 17.2 Å². The molecule has 0 unspecified atom stereocenters. The van der Waals surface area contributed by atoms with E-state index in [0.717, 1.165) is 12.3 Å². The Morgan fingerprint density at radius 3 is 2.82 bits per heavy atom. The van der Waals surface area contributed by atoms with Crippen LogP contribution in [-0.2, 0) is 0 Å². The second kappa shape index (κ2) is 2.53. The lowest BCUT2D eigenvalue weighted by Gasteiger charge is -1.96. The quantitative estimate of drug-likeness (QED) is 0.620. The lowest BCUT2D eigenvalue weighted by atomic mass is 10.3. The molecule has 0 radical (unpaired) electrons. The molecule has 0 bridgehead atoms. The standard InChI is InChI=1S/C6H5FN2O2/c7-4-1-5(8)9-2-3(4)6(10)11/h1-2H,(H2,8,9)(H,10,11). The molecule has 0 aromatic carbocycles. The zero-order valence-corrected chi connectivity index (χ0v) is 5.41. The molecule has 1 aromatic heterocycles. The van der Waals surface area contributed by atoms with Crippen LogP contribution in [0, 0.1) is 5.82 Å².